The maximum atomic E-state index is 6.08. The number of aromatic nitrogens is 2. The highest BCUT2D eigenvalue weighted by atomic mass is 35.5. The molecule has 2 rings (SSSR count). The van der Waals surface area contributed by atoms with Crippen molar-refractivity contribution < 1.29 is 4.74 Å². The third-order valence-corrected chi connectivity index (χ3v) is 3.48. The molecule has 0 saturated heterocycles. The number of methoxy groups -OCH3 is 1. The van der Waals surface area contributed by atoms with Gasteiger partial charge in [-0.3, -0.25) is 0 Å². The molecular weight excluding hydrogens is 283 g/mol. The van der Waals surface area contributed by atoms with Crippen molar-refractivity contribution in [2.75, 3.05) is 19.6 Å². The molecule has 0 spiro atoms. The molecule has 0 saturated carbocycles. The number of halogens is 2. The largest absolute Gasteiger partial charge is 0.384 e. The molecule has 0 bridgehead atoms. The van der Waals surface area contributed by atoms with Gasteiger partial charge >= 0.3 is 0 Å². The van der Waals surface area contributed by atoms with Gasteiger partial charge in [-0.05, 0) is 24.1 Å². The molecule has 0 N–H and O–H groups in total. The summed E-state index contributed by atoms with van der Waals surface area (Å²) in [6.07, 6.45) is 0.757. The van der Waals surface area contributed by atoms with Crippen LogP contribution in [0.4, 0.5) is 0 Å². The number of rotatable bonds is 6. The van der Waals surface area contributed by atoms with Crippen LogP contribution in [0.1, 0.15) is 12.7 Å². The Labute approximate surface area is 123 Å². The predicted molar refractivity (Wildman–Crippen MR) is 80.2 cm³/mol. The van der Waals surface area contributed by atoms with E-state index in [-0.39, 0.29) is 0 Å². The number of aryl methyl sites for hydroxylation is 1. The Balaban J connectivity index is 2.41. The number of benzene rings is 1. The molecule has 5 heteroatoms. The summed E-state index contributed by atoms with van der Waals surface area (Å²) in [4.78, 5) is 4.64. The van der Waals surface area contributed by atoms with E-state index in [2.05, 4.69) is 16.5 Å². The van der Waals surface area contributed by atoms with Crippen LogP contribution in [0.15, 0.2) is 18.2 Å². The molecule has 0 fully saturated rings. The van der Waals surface area contributed by atoms with E-state index in [0.29, 0.717) is 11.8 Å². The summed E-state index contributed by atoms with van der Waals surface area (Å²) in [5.41, 5.74) is 2.03. The lowest BCUT2D eigenvalue weighted by Gasteiger charge is -2.14. The summed E-state index contributed by atoms with van der Waals surface area (Å²) in [5, 5.41) is 0.727. The molecule has 0 aliphatic heterocycles. The first-order chi connectivity index (χ1) is 9.15. The second-order valence-electron chi connectivity index (χ2n) is 4.77. The Bertz CT molecular complexity index is 554. The van der Waals surface area contributed by atoms with Gasteiger partial charge in [0.15, 0.2) is 0 Å². The quantitative estimate of drug-likeness (QED) is 0.760. The number of imidazole rings is 1. The molecule has 1 aromatic carbocycles. The molecule has 1 aromatic heterocycles. The molecular formula is C14H18Cl2N2O. The molecule has 0 aliphatic rings. The molecule has 0 radical (unpaired) electrons. The normalized spacial score (nSPS) is 13.1. The molecule has 1 heterocycles. The van der Waals surface area contributed by atoms with Crippen LogP contribution in [0.5, 0.6) is 0 Å². The molecule has 104 valence electrons. The number of alkyl halides is 1. The van der Waals surface area contributed by atoms with Gasteiger partial charge in [0.05, 0.1) is 17.6 Å². The first-order valence-electron chi connectivity index (χ1n) is 6.35. The van der Waals surface area contributed by atoms with Gasteiger partial charge in [-0.1, -0.05) is 18.5 Å². The van der Waals surface area contributed by atoms with Crippen molar-refractivity contribution in [1.82, 2.24) is 9.55 Å². The molecule has 3 nitrogen and oxygen atoms in total. The zero-order valence-electron chi connectivity index (χ0n) is 11.2. The maximum absolute atomic E-state index is 6.08. The highest BCUT2D eigenvalue weighted by Gasteiger charge is 2.13. The summed E-state index contributed by atoms with van der Waals surface area (Å²) >= 11 is 11.9. The van der Waals surface area contributed by atoms with Gasteiger partial charge in [-0.15, -0.1) is 11.6 Å². The summed E-state index contributed by atoms with van der Waals surface area (Å²) in [5.74, 6) is 1.99. The molecule has 2 aromatic rings. The lowest BCUT2D eigenvalue weighted by Crippen LogP contribution is -2.15. The van der Waals surface area contributed by atoms with Gasteiger partial charge in [-0.25, -0.2) is 4.98 Å². The first-order valence-corrected chi connectivity index (χ1v) is 7.26. The van der Waals surface area contributed by atoms with Gasteiger partial charge in [-0.2, -0.15) is 0 Å². The fourth-order valence-electron chi connectivity index (χ4n) is 2.27. The smallest absolute Gasteiger partial charge is 0.111 e. The van der Waals surface area contributed by atoms with E-state index in [1.807, 2.05) is 18.2 Å². The first kappa shape index (κ1) is 14.6. The second-order valence-corrected chi connectivity index (χ2v) is 5.59. The third-order valence-electron chi connectivity index (χ3n) is 3.05. The minimum Gasteiger partial charge on any atom is -0.384 e. The van der Waals surface area contributed by atoms with Crippen LogP contribution in [-0.4, -0.2) is 29.1 Å². The highest BCUT2D eigenvalue weighted by Crippen LogP contribution is 2.22. The van der Waals surface area contributed by atoms with Crippen LogP contribution in [0.25, 0.3) is 11.0 Å². The van der Waals surface area contributed by atoms with Gasteiger partial charge in [0.1, 0.15) is 5.82 Å². The van der Waals surface area contributed by atoms with Gasteiger partial charge in [0.2, 0.25) is 0 Å². The Hall–Kier alpha value is -0.770. The Morgan fingerprint density at radius 2 is 2.21 bits per heavy atom. The molecule has 1 atom stereocenters. The summed E-state index contributed by atoms with van der Waals surface area (Å²) in [6, 6.07) is 5.78. The topological polar surface area (TPSA) is 27.1 Å². The summed E-state index contributed by atoms with van der Waals surface area (Å²) in [7, 11) is 1.72. The summed E-state index contributed by atoms with van der Waals surface area (Å²) < 4.78 is 7.40. The van der Waals surface area contributed by atoms with Crippen LogP contribution in [0.3, 0.4) is 0 Å². The van der Waals surface area contributed by atoms with E-state index < -0.39 is 0 Å². The third kappa shape index (κ3) is 3.41. The lowest BCUT2D eigenvalue weighted by molar-refractivity contribution is 0.151. The van der Waals surface area contributed by atoms with Crippen LogP contribution < -0.4 is 0 Å². The highest BCUT2D eigenvalue weighted by molar-refractivity contribution is 6.31. The van der Waals surface area contributed by atoms with Gasteiger partial charge in [0.25, 0.3) is 0 Å². The van der Waals surface area contributed by atoms with Gasteiger partial charge in [0, 0.05) is 31.0 Å². The fourth-order valence-corrected chi connectivity index (χ4v) is 2.61. The van der Waals surface area contributed by atoms with E-state index in [1.54, 1.807) is 7.11 Å². The van der Waals surface area contributed by atoms with Crippen LogP contribution >= 0.6 is 23.2 Å². The predicted octanol–water partition coefficient (Wildman–Crippen LogP) is 3.75. The van der Waals surface area contributed by atoms with Crippen molar-refractivity contribution in [3.05, 3.63) is 29.0 Å². The maximum Gasteiger partial charge on any atom is 0.111 e. The lowest BCUT2D eigenvalue weighted by atomic mass is 10.2. The monoisotopic (exact) mass is 300 g/mol. The number of hydrogen-bond donors (Lipinski definition) is 0. The van der Waals surface area contributed by atoms with Crippen molar-refractivity contribution in [2.24, 2.45) is 5.92 Å². The van der Waals surface area contributed by atoms with Crippen LogP contribution in [0.2, 0.25) is 5.02 Å². The summed E-state index contributed by atoms with van der Waals surface area (Å²) in [6.45, 7) is 3.74. The van der Waals surface area contributed by atoms with Crippen molar-refractivity contribution in [1.29, 1.82) is 0 Å². The average Bonchev–Trinajstić information content (AvgIpc) is 2.68. The van der Waals surface area contributed by atoms with E-state index in [1.165, 1.54) is 0 Å². The fraction of sp³-hybridized carbons (Fsp3) is 0.500. The van der Waals surface area contributed by atoms with Crippen LogP contribution in [0, 0.1) is 5.92 Å². The Kier molecular flexibility index (Phi) is 5.08. The molecule has 0 amide bonds. The minimum atomic E-state index is 0.412. The zero-order valence-corrected chi connectivity index (χ0v) is 12.7. The molecule has 19 heavy (non-hydrogen) atoms. The van der Waals surface area contributed by atoms with Crippen molar-refractivity contribution in [2.45, 2.75) is 19.9 Å². The van der Waals surface area contributed by atoms with Crippen molar-refractivity contribution >= 4 is 34.2 Å². The van der Waals surface area contributed by atoms with Crippen molar-refractivity contribution in [3.63, 3.8) is 0 Å². The number of ether oxygens (including phenoxy) is 1. The molecule has 1 unspecified atom stereocenters. The molecule has 0 aliphatic carbocycles. The van der Waals surface area contributed by atoms with Crippen LogP contribution in [-0.2, 0) is 17.7 Å². The number of hydrogen-bond acceptors (Lipinski definition) is 2. The SMILES string of the molecule is COCC(C)Cn1c(CCCl)nc2ccc(Cl)cc21. The second kappa shape index (κ2) is 6.60. The Morgan fingerprint density at radius 3 is 2.89 bits per heavy atom. The standard InChI is InChI=1S/C14H18Cl2N2O/c1-10(9-19-2)8-18-13-7-11(16)3-4-12(13)17-14(18)5-6-15/h3-4,7,10H,5-6,8-9H2,1-2H3. The number of fused-ring (bicyclic) bond motifs is 1. The number of nitrogens with zero attached hydrogens (tertiary/aromatic N) is 2. The zero-order chi connectivity index (χ0) is 13.8. The van der Waals surface area contributed by atoms with E-state index in [9.17, 15) is 0 Å². The van der Waals surface area contributed by atoms with Crippen molar-refractivity contribution in [3.8, 4) is 0 Å². The van der Waals surface area contributed by atoms with E-state index in [4.69, 9.17) is 27.9 Å². The minimum absolute atomic E-state index is 0.412. The average molecular weight is 301 g/mol. The van der Waals surface area contributed by atoms with E-state index >= 15 is 0 Å². The van der Waals surface area contributed by atoms with Gasteiger partial charge < -0.3 is 9.30 Å². The van der Waals surface area contributed by atoms with E-state index in [0.717, 1.165) is 41.5 Å². The Morgan fingerprint density at radius 1 is 1.42 bits per heavy atom.